The third-order valence-electron chi connectivity index (χ3n) is 4.99. The zero-order valence-corrected chi connectivity index (χ0v) is 17.3. The van der Waals surface area contributed by atoms with E-state index in [1.165, 1.54) is 4.31 Å². The third-order valence-corrected chi connectivity index (χ3v) is 7.17. The summed E-state index contributed by atoms with van der Waals surface area (Å²) in [5.41, 5.74) is 2.65. The second-order valence-corrected chi connectivity index (χ2v) is 9.36. The SMILES string of the molecule is O=C(NCCn1cnc2ccccc21)c1ccc(Cl)c(N2CCCCS2(=O)=O)c1. The van der Waals surface area contributed by atoms with E-state index in [4.69, 9.17) is 11.6 Å². The van der Waals surface area contributed by atoms with Crippen LogP contribution in [0.15, 0.2) is 48.8 Å². The molecule has 0 bridgehead atoms. The lowest BCUT2D eigenvalue weighted by molar-refractivity contribution is 0.0952. The minimum absolute atomic E-state index is 0.0958. The summed E-state index contributed by atoms with van der Waals surface area (Å²) in [4.78, 5) is 16.9. The molecule has 0 spiro atoms. The second-order valence-electron chi connectivity index (χ2n) is 6.94. The fraction of sp³-hybridized carbons (Fsp3) is 0.300. The Kier molecular flexibility index (Phi) is 5.47. The Balaban J connectivity index is 1.46. The molecule has 1 fully saturated rings. The Morgan fingerprint density at radius 2 is 2.00 bits per heavy atom. The summed E-state index contributed by atoms with van der Waals surface area (Å²) in [6.45, 7) is 1.37. The molecule has 2 heterocycles. The molecular formula is C20H21ClN4O3S. The van der Waals surface area contributed by atoms with E-state index in [0.717, 1.165) is 17.5 Å². The molecule has 1 aliphatic rings. The standard InChI is InChI=1S/C20H21ClN4O3S/c21-16-8-7-15(13-19(16)25-10-3-4-12-29(25,27)28)20(26)22-9-11-24-14-23-17-5-1-2-6-18(17)24/h1-2,5-8,13-14H,3-4,9-12H2,(H,22,26). The molecule has 0 aliphatic carbocycles. The molecule has 3 aromatic rings. The number of carbonyl (C=O) groups excluding carboxylic acids is 1. The summed E-state index contributed by atoms with van der Waals surface area (Å²) >= 11 is 6.24. The van der Waals surface area contributed by atoms with Crippen LogP contribution < -0.4 is 9.62 Å². The number of nitrogens with zero attached hydrogens (tertiary/aromatic N) is 3. The van der Waals surface area contributed by atoms with Crippen LogP contribution in [0.25, 0.3) is 11.0 Å². The average Bonchev–Trinajstić information content (AvgIpc) is 3.11. The van der Waals surface area contributed by atoms with E-state index < -0.39 is 10.0 Å². The molecule has 4 rings (SSSR count). The van der Waals surface area contributed by atoms with Crippen LogP contribution >= 0.6 is 11.6 Å². The first-order valence-corrected chi connectivity index (χ1v) is 11.4. The highest BCUT2D eigenvalue weighted by molar-refractivity contribution is 7.92. The van der Waals surface area contributed by atoms with Crippen molar-refractivity contribution in [1.29, 1.82) is 0 Å². The van der Waals surface area contributed by atoms with Gasteiger partial charge in [0, 0.05) is 25.2 Å². The van der Waals surface area contributed by atoms with Gasteiger partial charge >= 0.3 is 0 Å². The highest BCUT2D eigenvalue weighted by atomic mass is 35.5. The van der Waals surface area contributed by atoms with Gasteiger partial charge in [0.25, 0.3) is 5.91 Å². The van der Waals surface area contributed by atoms with E-state index in [1.54, 1.807) is 24.5 Å². The number of amides is 1. The van der Waals surface area contributed by atoms with Crippen molar-refractivity contribution in [2.24, 2.45) is 0 Å². The zero-order chi connectivity index (χ0) is 20.4. The molecule has 0 unspecified atom stereocenters. The van der Waals surface area contributed by atoms with E-state index in [1.807, 2.05) is 28.8 Å². The maximum atomic E-state index is 12.6. The summed E-state index contributed by atoms with van der Waals surface area (Å²) < 4.78 is 28.1. The molecule has 0 saturated carbocycles. The number of rotatable bonds is 5. The summed E-state index contributed by atoms with van der Waals surface area (Å²) in [6.07, 6.45) is 3.16. The fourth-order valence-corrected chi connectivity index (χ4v) is 5.40. The van der Waals surface area contributed by atoms with Gasteiger partial charge < -0.3 is 9.88 Å². The number of sulfonamides is 1. The number of aromatic nitrogens is 2. The van der Waals surface area contributed by atoms with Gasteiger partial charge in [-0.05, 0) is 43.2 Å². The lowest BCUT2D eigenvalue weighted by atomic mass is 10.1. The molecule has 0 radical (unpaired) electrons. The minimum atomic E-state index is -3.40. The van der Waals surface area contributed by atoms with Crippen LogP contribution in [0.4, 0.5) is 5.69 Å². The molecule has 1 amide bonds. The summed E-state index contributed by atoms with van der Waals surface area (Å²) in [5, 5.41) is 3.19. The summed E-state index contributed by atoms with van der Waals surface area (Å²) in [7, 11) is -3.40. The molecule has 29 heavy (non-hydrogen) atoms. The Morgan fingerprint density at radius 1 is 1.17 bits per heavy atom. The first-order chi connectivity index (χ1) is 14.0. The fourth-order valence-electron chi connectivity index (χ4n) is 3.48. The van der Waals surface area contributed by atoms with Gasteiger partial charge in [0.05, 0.1) is 33.8 Å². The number of imidazole rings is 1. The highest BCUT2D eigenvalue weighted by Crippen LogP contribution is 2.31. The van der Waals surface area contributed by atoms with Crippen molar-refractivity contribution in [3.05, 3.63) is 59.4 Å². The van der Waals surface area contributed by atoms with Gasteiger partial charge in [0.1, 0.15) is 0 Å². The molecule has 7 nitrogen and oxygen atoms in total. The van der Waals surface area contributed by atoms with Crippen molar-refractivity contribution in [1.82, 2.24) is 14.9 Å². The van der Waals surface area contributed by atoms with Crippen molar-refractivity contribution in [2.45, 2.75) is 19.4 Å². The van der Waals surface area contributed by atoms with E-state index >= 15 is 0 Å². The predicted octanol–water partition coefficient (Wildman–Crippen LogP) is 3.05. The Bertz CT molecular complexity index is 1160. The molecule has 2 aromatic carbocycles. The third kappa shape index (κ3) is 4.09. The van der Waals surface area contributed by atoms with Crippen LogP contribution in [0.1, 0.15) is 23.2 Å². The van der Waals surface area contributed by atoms with Gasteiger partial charge in [-0.15, -0.1) is 0 Å². The maximum absolute atomic E-state index is 12.6. The topological polar surface area (TPSA) is 84.3 Å². The lowest BCUT2D eigenvalue weighted by Gasteiger charge is -2.29. The van der Waals surface area contributed by atoms with Crippen molar-refractivity contribution < 1.29 is 13.2 Å². The molecule has 1 saturated heterocycles. The summed E-state index contributed by atoms with van der Waals surface area (Å²) in [6, 6.07) is 12.5. The van der Waals surface area contributed by atoms with Crippen LogP contribution in [0.2, 0.25) is 5.02 Å². The lowest BCUT2D eigenvalue weighted by Crippen LogP contribution is -2.38. The molecule has 1 aliphatic heterocycles. The van der Waals surface area contributed by atoms with Gasteiger partial charge in [-0.2, -0.15) is 0 Å². The molecular weight excluding hydrogens is 412 g/mol. The first kappa shape index (κ1) is 19.7. The number of hydrogen-bond donors (Lipinski definition) is 1. The largest absolute Gasteiger partial charge is 0.350 e. The second kappa shape index (κ2) is 8.04. The summed E-state index contributed by atoms with van der Waals surface area (Å²) in [5.74, 6) is -0.180. The van der Waals surface area contributed by atoms with Gasteiger partial charge in [-0.1, -0.05) is 23.7 Å². The van der Waals surface area contributed by atoms with Crippen molar-refractivity contribution in [3.63, 3.8) is 0 Å². The number of hydrogen-bond acceptors (Lipinski definition) is 4. The van der Waals surface area contributed by atoms with E-state index in [2.05, 4.69) is 10.3 Å². The van der Waals surface area contributed by atoms with E-state index in [-0.39, 0.29) is 11.7 Å². The normalized spacial score (nSPS) is 16.1. The van der Waals surface area contributed by atoms with Crippen LogP contribution in [-0.2, 0) is 16.6 Å². The highest BCUT2D eigenvalue weighted by Gasteiger charge is 2.28. The Hall–Kier alpha value is -2.58. The number of benzene rings is 2. The van der Waals surface area contributed by atoms with Crippen molar-refractivity contribution in [3.8, 4) is 0 Å². The van der Waals surface area contributed by atoms with Gasteiger partial charge in [-0.25, -0.2) is 13.4 Å². The van der Waals surface area contributed by atoms with Crippen LogP contribution in [-0.4, -0.2) is 42.7 Å². The molecule has 9 heteroatoms. The maximum Gasteiger partial charge on any atom is 0.251 e. The van der Waals surface area contributed by atoms with Crippen LogP contribution in [0, 0.1) is 0 Å². The average molecular weight is 433 g/mol. The number of carbonyl (C=O) groups is 1. The van der Waals surface area contributed by atoms with Crippen molar-refractivity contribution in [2.75, 3.05) is 23.1 Å². The van der Waals surface area contributed by atoms with Crippen LogP contribution in [0.3, 0.4) is 0 Å². The van der Waals surface area contributed by atoms with Gasteiger partial charge in [0.15, 0.2) is 0 Å². The first-order valence-electron chi connectivity index (χ1n) is 9.44. The monoisotopic (exact) mass is 432 g/mol. The number of halogens is 1. The number of nitrogens with one attached hydrogen (secondary N) is 1. The van der Waals surface area contributed by atoms with Gasteiger partial charge in [-0.3, -0.25) is 9.10 Å². The Morgan fingerprint density at radius 3 is 2.83 bits per heavy atom. The van der Waals surface area contributed by atoms with Crippen molar-refractivity contribution >= 4 is 44.3 Å². The quantitative estimate of drug-likeness (QED) is 0.671. The van der Waals surface area contributed by atoms with E-state index in [0.29, 0.717) is 42.3 Å². The number of para-hydroxylation sites is 2. The van der Waals surface area contributed by atoms with Crippen LogP contribution in [0.5, 0.6) is 0 Å². The molecule has 0 atom stereocenters. The van der Waals surface area contributed by atoms with Gasteiger partial charge in [0.2, 0.25) is 10.0 Å². The smallest absolute Gasteiger partial charge is 0.251 e. The molecule has 1 aromatic heterocycles. The Labute approximate surface area is 174 Å². The number of fused-ring (bicyclic) bond motifs is 1. The number of anilines is 1. The zero-order valence-electron chi connectivity index (χ0n) is 15.7. The molecule has 1 N–H and O–H groups in total. The predicted molar refractivity (Wildman–Crippen MR) is 114 cm³/mol. The van der Waals surface area contributed by atoms with E-state index in [9.17, 15) is 13.2 Å². The molecule has 152 valence electrons. The minimum Gasteiger partial charge on any atom is -0.350 e.